The first kappa shape index (κ1) is 40.3. The molecule has 320 valence electrons. The van der Waals surface area contributed by atoms with Gasteiger partial charge in [-0.1, -0.05) is 12.1 Å². The van der Waals surface area contributed by atoms with E-state index in [-0.39, 0.29) is 36.1 Å². The van der Waals surface area contributed by atoms with Crippen molar-refractivity contribution in [1.29, 1.82) is 0 Å². The highest BCUT2D eigenvalue weighted by Gasteiger charge is 2.34. The highest BCUT2D eigenvalue weighted by atomic mass is 32.1. The molecule has 63 heavy (non-hydrogen) atoms. The van der Waals surface area contributed by atoms with Gasteiger partial charge in [-0.2, -0.15) is 20.4 Å². The lowest BCUT2D eigenvalue weighted by Crippen LogP contribution is -2.34. The molecule has 8 aromatic rings. The van der Waals surface area contributed by atoms with E-state index in [2.05, 4.69) is 40.9 Å². The summed E-state index contributed by atoms with van der Waals surface area (Å²) in [6.45, 7) is 3.20. The number of hydrogen-bond acceptors (Lipinski definition) is 14. The molecule has 0 bridgehead atoms. The van der Waals surface area contributed by atoms with Gasteiger partial charge in [-0.25, -0.2) is 9.97 Å². The molecule has 0 aromatic carbocycles. The van der Waals surface area contributed by atoms with E-state index >= 15 is 0 Å². The van der Waals surface area contributed by atoms with Gasteiger partial charge in [0.25, 0.3) is 11.8 Å². The summed E-state index contributed by atoms with van der Waals surface area (Å²) in [5.74, 6) is -0.653. The summed E-state index contributed by atoms with van der Waals surface area (Å²) >= 11 is 2.77. The zero-order valence-corrected chi connectivity index (χ0v) is 35.9. The number of H-pyrrole nitrogens is 1. The fraction of sp³-hybridized carbons (Fsp3) is 0.302. The minimum atomic E-state index is -0.328. The normalized spacial score (nSPS) is 18.2. The van der Waals surface area contributed by atoms with Gasteiger partial charge < -0.3 is 20.1 Å². The van der Waals surface area contributed by atoms with Crippen LogP contribution in [0.4, 0.5) is 11.4 Å². The van der Waals surface area contributed by atoms with Crippen LogP contribution in [0.25, 0.3) is 43.9 Å². The van der Waals surface area contributed by atoms with Crippen LogP contribution in [0.5, 0.6) is 0 Å². The number of nitrogens with zero attached hydrogens (tertiary/aromatic N) is 11. The maximum atomic E-state index is 13.4. The second kappa shape index (κ2) is 17.6. The third-order valence-corrected chi connectivity index (χ3v) is 12.9. The third-order valence-electron chi connectivity index (χ3n) is 11.1. The first-order valence-corrected chi connectivity index (χ1v) is 22.4. The van der Waals surface area contributed by atoms with Crippen molar-refractivity contribution in [3.63, 3.8) is 0 Å². The number of hydrogen-bond donors (Lipinski definition) is 3. The molecule has 20 heteroatoms. The number of aromatic amines is 1. The number of pyridine rings is 2. The van der Waals surface area contributed by atoms with Gasteiger partial charge in [0.2, 0.25) is 0 Å². The van der Waals surface area contributed by atoms with Crippen LogP contribution < -0.4 is 10.6 Å². The van der Waals surface area contributed by atoms with Gasteiger partial charge >= 0.3 is 0 Å². The Hall–Kier alpha value is -6.74. The first-order chi connectivity index (χ1) is 30.8. The number of carbonyl (C=O) groups is 2. The standard InChI is InChI=1S/C43H42N14O4S2/c1-3-60-30-12-28(13-30)56-22-35(50-40(58)36-23-62-42(51-36)26-17-46-47-18-26)39(54-56)33-8-7-25(16-45-33)9-11-61-31-14-29(15-31)57-21-34(38(53-57)32-6-4-5-10-44-32)49-41(59)37-24-63-43(52-37)27-19-48-55(2)20-27/h4-8,10,16-24,28-31H,3,9,11-15H2,1-2H3,(H,46,47)(H,49,59)(H,50,58). The van der Waals surface area contributed by atoms with Crippen LogP contribution >= 0.6 is 22.7 Å². The number of amides is 2. The zero-order chi connectivity index (χ0) is 42.9. The van der Waals surface area contributed by atoms with Crippen LogP contribution in [0.2, 0.25) is 0 Å². The van der Waals surface area contributed by atoms with Gasteiger partial charge in [0.1, 0.15) is 32.8 Å². The van der Waals surface area contributed by atoms with Crippen molar-refractivity contribution < 1.29 is 19.1 Å². The van der Waals surface area contributed by atoms with Crippen molar-refractivity contribution in [2.45, 2.75) is 63.3 Å². The van der Waals surface area contributed by atoms with Crippen molar-refractivity contribution in [1.82, 2.24) is 59.5 Å². The summed E-state index contributed by atoms with van der Waals surface area (Å²) in [7, 11) is 1.84. The first-order valence-electron chi connectivity index (χ1n) is 20.6. The predicted molar refractivity (Wildman–Crippen MR) is 236 cm³/mol. The third kappa shape index (κ3) is 8.70. The quantitative estimate of drug-likeness (QED) is 0.0887. The molecule has 0 saturated heterocycles. The molecule has 0 atom stereocenters. The Balaban J connectivity index is 0.761. The molecule has 2 fully saturated rings. The van der Waals surface area contributed by atoms with E-state index in [0.29, 0.717) is 70.2 Å². The molecule has 2 saturated carbocycles. The van der Waals surface area contributed by atoms with Gasteiger partial charge in [-0.15, -0.1) is 22.7 Å². The molecule has 0 unspecified atom stereocenters. The van der Waals surface area contributed by atoms with E-state index in [1.54, 1.807) is 40.2 Å². The lowest BCUT2D eigenvalue weighted by Gasteiger charge is -2.35. The summed E-state index contributed by atoms with van der Waals surface area (Å²) in [4.78, 5) is 45.2. The van der Waals surface area contributed by atoms with Crippen molar-refractivity contribution in [2.75, 3.05) is 23.8 Å². The molecule has 2 aliphatic rings. The Labute approximate surface area is 368 Å². The molecule has 2 amide bonds. The second-order valence-electron chi connectivity index (χ2n) is 15.5. The lowest BCUT2D eigenvalue weighted by molar-refractivity contribution is -0.0273. The molecule has 3 N–H and O–H groups in total. The molecular weight excluding hydrogens is 841 g/mol. The number of aryl methyl sites for hydroxylation is 1. The Morgan fingerprint density at radius 2 is 1.43 bits per heavy atom. The van der Waals surface area contributed by atoms with Gasteiger partial charge in [0.05, 0.1) is 66.1 Å². The fourth-order valence-electron chi connectivity index (χ4n) is 7.59. The average Bonchev–Trinajstić information content (AvgIpc) is 4.12. The molecule has 10 rings (SSSR count). The van der Waals surface area contributed by atoms with Crippen LogP contribution in [-0.4, -0.2) is 96.7 Å². The van der Waals surface area contributed by atoms with Gasteiger partial charge in [-0.05, 0) is 62.8 Å². The average molecular weight is 883 g/mol. The van der Waals surface area contributed by atoms with Crippen molar-refractivity contribution >= 4 is 45.9 Å². The van der Waals surface area contributed by atoms with Gasteiger partial charge in [-0.3, -0.25) is 38.7 Å². The summed E-state index contributed by atoms with van der Waals surface area (Å²) in [6.07, 6.45) is 18.5. The SMILES string of the molecule is CCOC1CC(n2cc(NC(=O)c3csc(-c4cn[nH]c4)n3)c(-c3ccc(CCOC4CC(n5cc(NC(=O)c6csc(-c7cnn(C)c7)n6)c(-c6ccccn6)n5)C4)cn3)n2)C1. The molecule has 18 nitrogen and oxygen atoms in total. The molecule has 2 aliphatic carbocycles. The van der Waals surface area contributed by atoms with E-state index in [4.69, 9.17) is 24.7 Å². The monoisotopic (exact) mass is 882 g/mol. The van der Waals surface area contributed by atoms with E-state index in [1.165, 1.54) is 22.7 Å². The van der Waals surface area contributed by atoms with E-state index in [1.807, 2.05) is 78.5 Å². The van der Waals surface area contributed by atoms with Crippen molar-refractivity contribution in [2.24, 2.45) is 7.05 Å². The van der Waals surface area contributed by atoms with Crippen molar-refractivity contribution in [3.8, 4) is 43.9 Å². The lowest BCUT2D eigenvalue weighted by atomic mass is 9.89. The molecule has 0 radical (unpaired) electrons. The van der Waals surface area contributed by atoms with E-state index in [0.717, 1.165) is 47.4 Å². The maximum Gasteiger partial charge on any atom is 0.275 e. The number of aromatic nitrogens is 12. The topological polar surface area (TPSA) is 210 Å². The Morgan fingerprint density at radius 1 is 0.778 bits per heavy atom. The minimum Gasteiger partial charge on any atom is -0.378 e. The zero-order valence-electron chi connectivity index (χ0n) is 34.3. The van der Waals surface area contributed by atoms with Crippen molar-refractivity contribution in [3.05, 3.63) is 108 Å². The number of ether oxygens (including phenoxy) is 2. The highest BCUT2D eigenvalue weighted by Crippen LogP contribution is 2.39. The van der Waals surface area contributed by atoms with Gasteiger partial charge in [0, 0.05) is 72.7 Å². The van der Waals surface area contributed by atoms with Crippen LogP contribution in [0.3, 0.4) is 0 Å². The molecule has 0 spiro atoms. The predicted octanol–water partition coefficient (Wildman–Crippen LogP) is 7.11. The minimum absolute atomic E-state index is 0.0705. The van der Waals surface area contributed by atoms with E-state index < -0.39 is 0 Å². The Morgan fingerprint density at radius 3 is 1.98 bits per heavy atom. The number of nitrogens with one attached hydrogen (secondary N) is 3. The summed E-state index contributed by atoms with van der Waals surface area (Å²) in [5.41, 5.74) is 6.93. The van der Waals surface area contributed by atoms with Crippen LogP contribution in [0.1, 0.15) is 71.2 Å². The number of anilines is 2. The van der Waals surface area contributed by atoms with Crippen LogP contribution in [0, 0.1) is 0 Å². The molecule has 8 heterocycles. The summed E-state index contributed by atoms with van der Waals surface area (Å²) < 4.78 is 17.6. The molecule has 8 aromatic heterocycles. The number of thiazole rings is 2. The summed E-state index contributed by atoms with van der Waals surface area (Å²) in [5, 5.41) is 31.7. The fourth-order valence-corrected chi connectivity index (χ4v) is 9.14. The second-order valence-corrected chi connectivity index (χ2v) is 17.2. The van der Waals surface area contributed by atoms with Gasteiger partial charge in [0.15, 0.2) is 0 Å². The smallest absolute Gasteiger partial charge is 0.275 e. The largest absolute Gasteiger partial charge is 0.378 e. The summed E-state index contributed by atoms with van der Waals surface area (Å²) in [6, 6.07) is 9.84. The molecule has 0 aliphatic heterocycles. The Bertz CT molecular complexity index is 2830. The Kier molecular flexibility index (Phi) is 11.2. The van der Waals surface area contributed by atoms with Crippen LogP contribution in [0.15, 0.2) is 90.7 Å². The van der Waals surface area contributed by atoms with E-state index in [9.17, 15) is 9.59 Å². The number of carbonyl (C=O) groups excluding carboxylic acids is 2. The van der Waals surface area contributed by atoms with Crippen LogP contribution in [-0.2, 0) is 22.9 Å². The number of rotatable bonds is 16. The maximum absolute atomic E-state index is 13.4. The molecular formula is C43H42N14O4S2. The highest BCUT2D eigenvalue weighted by molar-refractivity contribution is 7.13.